The Hall–Kier alpha value is -1.21. The smallest absolute Gasteiger partial charge is 0.243 e. The van der Waals surface area contributed by atoms with Gasteiger partial charge in [-0.25, -0.2) is 8.42 Å². The van der Waals surface area contributed by atoms with Crippen LogP contribution in [0.2, 0.25) is 0 Å². The van der Waals surface area contributed by atoms with Crippen LogP contribution in [0.25, 0.3) is 0 Å². The molecule has 0 aliphatic heterocycles. The lowest BCUT2D eigenvalue weighted by Gasteiger charge is -2.18. The Bertz CT molecular complexity index is 731. The third-order valence-corrected chi connectivity index (χ3v) is 5.71. The largest absolute Gasteiger partial charge is 0.392 e. The van der Waals surface area contributed by atoms with Gasteiger partial charge in [-0.1, -0.05) is 46.3 Å². The molecule has 0 fully saturated rings. The molecule has 0 aliphatic rings. The Morgan fingerprint density at radius 3 is 2.52 bits per heavy atom. The summed E-state index contributed by atoms with van der Waals surface area (Å²) in [7, 11) is -2.04. The van der Waals surface area contributed by atoms with Gasteiger partial charge in [0.2, 0.25) is 10.0 Å². The molecule has 0 aliphatic carbocycles. The predicted molar refractivity (Wildman–Crippen MR) is 85.2 cm³/mol. The molecule has 112 valence electrons. The molecule has 1 N–H and O–H groups in total. The standard InChI is InChI=1S/C15H16BrNO3S/c1-17(10-13-6-2-3-8-15(13)16)21(19,20)14-7-4-5-12(9-14)11-18/h2-9,18H,10-11H2,1H3. The van der Waals surface area contributed by atoms with E-state index >= 15 is 0 Å². The Morgan fingerprint density at radius 2 is 1.86 bits per heavy atom. The second-order valence-electron chi connectivity index (χ2n) is 4.66. The van der Waals surface area contributed by atoms with Crippen molar-refractivity contribution in [2.45, 2.75) is 18.0 Å². The number of halogens is 1. The van der Waals surface area contributed by atoms with Crippen LogP contribution in [-0.4, -0.2) is 24.9 Å². The number of aliphatic hydroxyl groups excluding tert-OH is 1. The fourth-order valence-electron chi connectivity index (χ4n) is 1.94. The highest BCUT2D eigenvalue weighted by molar-refractivity contribution is 9.10. The van der Waals surface area contributed by atoms with Gasteiger partial charge in [0, 0.05) is 18.1 Å². The molecule has 2 aromatic rings. The first-order chi connectivity index (χ1) is 9.95. The number of sulfonamides is 1. The maximum absolute atomic E-state index is 12.5. The van der Waals surface area contributed by atoms with Gasteiger partial charge in [0.05, 0.1) is 11.5 Å². The van der Waals surface area contributed by atoms with Crippen molar-refractivity contribution in [1.82, 2.24) is 4.31 Å². The molecule has 0 atom stereocenters. The lowest BCUT2D eigenvalue weighted by Crippen LogP contribution is -2.26. The molecule has 2 rings (SSSR count). The first-order valence-electron chi connectivity index (χ1n) is 6.34. The van der Waals surface area contributed by atoms with Crippen molar-refractivity contribution in [2.24, 2.45) is 0 Å². The lowest BCUT2D eigenvalue weighted by molar-refractivity contribution is 0.281. The van der Waals surface area contributed by atoms with Crippen molar-refractivity contribution in [2.75, 3.05) is 7.05 Å². The summed E-state index contributed by atoms with van der Waals surface area (Å²) in [6, 6.07) is 13.8. The van der Waals surface area contributed by atoms with E-state index in [0.717, 1.165) is 10.0 Å². The minimum Gasteiger partial charge on any atom is -0.392 e. The summed E-state index contributed by atoms with van der Waals surface area (Å²) in [4.78, 5) is 0.184. The minimum absolute atomic E-state index is 0.183. The van der Waals surface area contributed by atoms with E-state index in [9.17, 15) is 8.42 Å². The van der Waals surface area contributed by atoms with Gasteiger partial charge in [-0.2, -0.15) is 4.31 Å². The topological polar surface area (TPSA) is 57.6 Å². The van der Waals surface area contributed by atoms with Gasteiger partial charge >= 0.3 is 0 Å². The van der Waals surface area contributed by atoms with Crippen molar-refractivity contribution in [3.05, 3.63) is 64.1 Å². The first kappa shape index (κ1) is 16.2. The van der Waals surface area contributed by atoms with Crippen LogP contribution in [0.4, 0.5) is 0 Å². The van der Waals surface area contributed by atoms with E-state index in [1.807, 2.05) is 24.3 Å². The van der Waals surface area contributed by atoms with Gasteiger partial charge in [0.25, 0.3) is 0 Å². The molecule has 4 nitrogen and oxygen atoms in total. The maximum atomic E-state index is 12.5. The molecule has 6 heteroatoms. The van der Waals surface area contributed by atoms with Gasteiger partial charge < -0.3 is 5.11 Å². The van der Waals surface area contributed by atoms with Crippen LogP contribution < -0.4 is 0 Å². The van der Waals surface area contributed by atoms with Crippen molar-refractivity contribution < 1.29 is 13.5 Å². The average Bonchev–Trinajstić information content (AvgIpc) is 2.49. The summed E-state index contributed by atoms with van der Waals surface area (Å²) in [6.45, 7) is 0.0877. The fraction of sp³-hybridized carbons (Fsp3) is 0.200. The summed E-state index contributed by atoms with van der Waals surface area (Å²) in [5, 5.41) is 9.12. The second kappa shape index (κ2) is 6.70. The SMILES string of the molecule is CN(Cc1ccccc1Br)S(=O)(=O)c1cccc(CO)c1. The predicted octanol–water partition coefficient (Wildman–Crippen LogP) is 2.76. The zero-order chi connectivity index (χ0) is 15.5. The monoisotopic (exact) mass is 369 g/mol. The van der Waals surface area contributed by atoms with Gasteiger partial charge in [-0.05, 0) is 29.3 Å². The van der Waals surface area contributed by atoms with E-state index in [-0.39, 0.29) is 18.0 Å². The van der Waals surface area contributed by atoms with Crippen LogP contribution in [0.15, 0.2) is 57.9 Å². The molecule has 0 bridgehead atoms. The Balaban J connectivity index is 2.28. The molecule has 0 heterocycles. The summed E-state index contributed by atoms with van der Waals surface area (Å²) in [5.41, 5.74) is 1.47. The van der Waals surface area contributed by atoms with Gasteiger partial charge in [-0.15, -0.1) is 0 Å². The highest BCUT2D eigenvalue weighted by atomic mass is 79.9. The van der Waals surface area contributed by atoms with Crippen LogP contribution in [0.5, 0.6) is 0 Å². The molecule has 0 unspecified atom stereocenters. The van der Waals surface area contributed by atoms with E-state index in [2.05, 4.69) is 15.9 Å². The summed E-state index contributed by atoms with van der Waals surface area (Å²) in [6.07, 6.45) is 0. The van der Waals surface area contributed by atoms with Crippen LogP contribution >= 0.6 is 15.9 Å². The highest BCUT2D eigenvalue weighted by Gasteiger charge is 2.21. The zero-order valence-electron chi connectivity index (χ0n) is 11.5. The fourth-order valence-corrected chi connectivity index (χ4v) is 3.57. The molecule has 0 aromatic heterocycles. The third kappa shape index (κ3) is 3.71. The van der Waals surface area contributed by atoms with Gasteiger partial charge in [0.1, 0.15) is 0 Å². The number of nitrogens with zero attached hydrogens (tertiary/aromatic N) is 1. The molecule has 21 heavy (non-hydrogen) atoms. The van der Waals surface area contributed by atoms with E-state index in [1.54, 1.807) is 19.2 Å². The van der Waals surface area contributed by atoms with Crippen molar-refractivity contribution in [3.63, 3.8) is 0 Å². The number of hydrogen-bond donors (Lipinski definition) is 1. The van der Waals surface area contributed by atoms with Crippen molar-refractivity contribution in [1.29, 1.82) is 0 Å². The van der Waals surface area contributed by atoms with E-state index in [4.69, 9.17) is 5.11 Å². The molecule has 0 amide bonds. The molecule has 0 saturated heterocycles. The number of benzene rings is 2. The van der Waals surface area contributed by atoms with Crippen LogP contribution in [0.3, 0.4) is 0 Å². The van der Waals surface area contributed by atoms with E-state index < -0.39 is 10.0 Å². The van der Waals surface area contributed by atoms with E-state index in [1.165, 1.54) is 16.4 Å². The second-order valence-corrected chi connectivity index (χ2v) is 7.56. The minimum atomic E-state index is -3.59. The quantitative estimate of drug-likeness (QED) is 0.881. The Kier molecular flexibility index (Phi) is 5.16. The number of hydrogen-bond acceptors (Lipinski definition) is 3. The van der Waals surface area contributed by atoms with Crippen LogP contribution in [0.1, 0.15) is 11.1 Å². The molecule has 0 saturated carbocycles. The summed E-state index contributed by atoms with van der Waals surface area (Å²) < 4.78 is 27.3. The third-order valence-electron chi connectivity index (χ3n) is 3.14. The zero-order valence-corrected chi connectivity index (χ0v) is 13.9. The first-order valence-corrected chi connectivity index (χ1v) is 8.58. The molecule has 2 aromatic carbocycles. The van der Waals surface area contributed by atoms with Crippen LogP contribution in [-0.2, 0) is 23.2 Å². The van der Waals surface area contributed by atoms with Crippen molar-refractivity contribution >= 4 is 26.0 Å². The molecule has 0 spiro atoms. The Labute approximate surface area is 133 Å². The average molecular weight is 370 g/mol. The normalized spacial score (nSPS) is 11.8. The lowest BCUT2D eigenvalue weighted by atomic mass is 10.2. The molecular weight excluding hydrogens is 354 g/mol. The Morgan fingerprint density at radius 1 is 1.14 bits per heavy atom. The summed E-state index contributed by atoms with van der Waals surface area (Å²) >= 11 is 3.42. The number of rotatable bonds is 5. The van der Waals surface area contributed by atoms with Gasteiger partial charge in [0.15, 0.2) is 0 Å². The molecule has 0 radical (unpaired) electrons. The van der Waals surface area contributed by atoms with Crippen LogP contribution in [0, 0.1) is 0 Å². The highest BCUT2D eigenvalue weighted by Crippen LogP contribution is 2.22. The number of aliphatic hydroxyl groups is 1. The van der Waals surface area contributed by atoms with Gasteiger partial charge in [-0.3, -0.25) is 0 Å². The molecular formula is C15H16BrNO3S. The maximum Gasteiger partial charge on any atom is 0.243 e. The van der Waals surface area contributed by atoms with Crippen molar-refractivity contribution in [3.8, 4) is 0 Å². The summed E-state index contributed by atoms with van der Waals surface area (Å²) in [5.74, 6) is 0. The van der Waals surface area contributed by atoms with E-state index in [0.29, 0.717) is 5.56 Å².